The summed E-state index contributed by atoms with van der Waals surface area (Å²) in [5, 5.41) is 2.88. The molecule has 0 aromatic carbocycles. The van der Waals surface area contributed by atoms with Crippen molar-refractivity contribution < 1.29 is 14.3 Å². The van der Waals surface area contributed by atoms with Crippen LogP contribution in [0.5, 0.6) is 0 Å². The van der Waals surface area contributed by atoms with Crippen molar-refractivity contribution in [2.75, 3.05) is 26.7 Å². The van der Waals surface area contributed by atoms with Gasteiger partial charge in [0.25, 0.3) is 0 Å². The summed E-state index contributed by atoms with van der Waals surface area (Å²) in [4.78, 5) is 24.5. The van der Waals surface area contributed by atoms with Gasteiger partial charge in [0.1, 0.15) is 0 Å². The smallest absolute Gasteiger partial charge is 0.317 e. The van der Waals surface area contributed by atoms with Crippen molar-refractivity contribution >= 4 is 12.0 Å². The standard InChI is InChI=1S/C13H26N2O3/c1-4-10-15(11-5-2)13(17)14-9-7-6-8-12(16)18-3/h4-11H2,1-3H3,(H,14,17). The van der Waals surface area contributed by atoms with E-state index in [1.165, 1.54) is 7.11 Å². The highest BCUT2D eigenvalue weighted by molar-refractivity contribution is 5.74. The second-order valence-electron chi connectivity index (χ2n) is 4.25. The van der Waals surface area contributed by atoms with Crippen LogP contribution >= 0.6 is 0 Å². The first-order valence-electron chi connectivity index (χ1n) is 6.75. The molecular weight excluding hydrogens is 232 g/mol. The molecule has 18 heavy (non-hydrogen) atoms. The van der Waals surface area contributed by atoms with Crippen LogP contribution in [0.3, 0.4) is 0 Å². The summed E-state index contributed by atoms with van der Waals surface area (Å²) in [6, 6.07) is -0.00299. The lowest BCUT2D eigenvalue weighted by molar-refractivity contribution is -0.140. The van der Waals surface area contributed by atoms with Crippen LogP contribution in [0.1, 0.15) is 46.0 Å². The van der Waals surface area contributed by atoms with E-state index in [0.717, 1.165) is 38.8 Å². The second-order valence-corrected chi connectivity index (χ2v) is 4.25. The molecule has 0 rings (SSSR count). The third-order valence-electron chi connectivity index (χ3n) is 2.59. The zero-order valence-electron chi connectivity index (χ0n) is 11.8. The highest BCUT2D eigenvalue weighted by Gasteiger charge is 2.10. The second kappa shape index (κ2) is 10.9. The van der Waals surface area contributed by atoms with Crippen molar-refractivity contribution in [3.63, 3.8) is 0 Å². The third kappa shape index (κ3) is 7.92. The monoisotopic (exact) mass is 258 g/mol. The molecule has 0 aliphatic rings. The minimum Gasteiger partial charge on any atom is -0.469 e. The number of nitrogens with one attached hydrogen (secondary N) is 1. The van der Waals surface area contributed by atoms with Gasteiger partial charge in [-0.15, -0.1) is 0 Å². The summed E-state index contributed by atoms with van der Waals surface area (Å²) in [5.41, 5.74) is 0. The molecule has 0 aromatic heterocycles. The molecule has 0 saturated carbocycles. The van der Waals surface area contributed by atoms with E-state index < -0.39 is 0 Å². The Morgan fingerprint density at radius 2 is 1.72 bits per heavy atom. The lowest BCUT2D eigenvalue weighted by Gasteiger charge is -2.21. The predicted molar refractivity (Wildman–Crippen MR) is 71.4 cm³/mol. The van der Waals surface area contributed by atoms with E-state index in [1.54, 1.807) is 0 Å². The molecule has 0 fully saturated rings. The Balaban J connectivity index is 3.69. The van der Waals surface area contributed by atoms with Gasteiger partial charge in [0.05, 0.1) is 7.11 Å². The number of unbranched alkanes of at least 4 members (excludes halogenated alkanes) is 1. The Hall–Kier alpha value is -1.26. The van der Waals surface area contributed by atoms with E-state index >= 15 is 0 Å². The van der Waals surface area contributed by atoms with Crippen LogP contribution in [0, 0.1) is 0 Å². The number of ether oxygens (including phenoxy) is 1. The fraction of sp³-hybridized carbons (Fsp3) is 0.846. The molecule has 2 amide bonds. The third-order valence-corrected chi connectivity index (χ3v) is 2.59. The molecule has 1 N–H and O–H groups in total. The summed E-state index contributed by atoms with van der Waals surface area (Å²) in [6.45, 7) is 6.32. The van der Waals surface area contributed by atoms with E-state index in [2.05, 4.69) is 23.9 Å². The highest BCUT2D eigenvalue weighted by Crippen LogP contribution is 1.98. The largest absolute Gasteiger partial charge is 0.469 e. The SMILES string of the molecule is CCCN(CCC)C(=O)NCCCCC(=O)OC. The highest BCUT2D eigenvalue weighted by atomic mass is 16.5. The average molecular weight is 258 g/mol. The van der Waals surface area contributed by atoms with Crippen LogP contribution in [0.15, 0.2) is 0 Å². The average Bonchev–Trinajstić information content (AvgIpc) is 2.37. The molecule has 5 nitrogen and oxygen atoms in total. The van der Waals surface area contributed by atoms with Gasteiger partial charge in [0.2, 0.25) is 0 Å². The predicted octanol–water partition coefficient (Wildman–Crippen LogP) is 2.16. The van der Waals surface area contributed by atoms with E-state index in [0.29, 0.717) is 13.0 Å². The quantitative estimate of drug-likeness (QED) is 0.509. The lowest BCUT2D eigenvalue weighted by Crippen LogP contribution is -2.41. The zero-order valence-corrected chi connectivity index (χ0v) is 11.8. The topological polar surface area (TPSA) is 58.6 Å². The molecule has 0 aliphatic carbocycles. The lowest BCUT2D eigenvalue weighted by atomic mass is 10.2. The molecule has 0 heterocycles. The number of carbonyl (C=O) groups excluding carboxylic acids is 2. The van der Waals surface area contributed by atoms with Crippen LogP contribution in [-0.4, -0.2) is 43.6 Å². The van der Waals surface area contributed by atoms with Crippen molar-refractivity contribution in [3.05, 3.63) is 0 Å². The van der Waals surface area contributed by atoms with Crippen LogP contribution < -0.4 is 5.32 Å². The van der Waals surface area contributed by atoms with Crippen molar-refractivity contribution in [1.29, 1.82) is 0 Å². The Labute approximate surface area is 110 Å². The fourth-order valence-corrected chi connectivity index (χ4v) is 1.66. The Morgan fingerprint density at radius 1 is 1.11 bits per heavy atom. The van der Waals surface area contributed by atoms with Crippen LogP contribution in [0.25, 0.3) is 0 Å². The number of hydrogen-bond acceptors (Lipinski definition) is 3. The van der Waals surface area contributed by atoms with Crippen molar-refractivity contribution in [2.45, 2.75) is 46.0 Å². The van der Waals surface area contributed by atoms with Gasteiger partial charge in [-0.2, -0.15) is 0 Å². The molecule has 0 atom stereocenters. The summed E-state index contributed by atoms with van der Waals surface area (Å²) in [7, 11) is 1.39. The molecule has 0 unspecified atom stereocenters. The van der Waals surface area contributed by atoms with Gasteiger partial charge in [-0.1, -0.05) is 13.8 Å². The first-order chi connectivity index (χ1) is 8.65. The Bertz CT molecular complexity index is 238. The number of rotatable bonds is 9. The van der Waals surface area contributed by atoms with E-state index in [-0.39, 0.29) is 12.0 Å². The molecule has 0 saturated heterocycles. The van der Waals surface area contributed by atoms with E-state index in [4.69, 9.17) is 0 Å². The van der Waals surface area contributed by atoms with Gasteiger partial charge < -0.3 is 15.0 Å². The molecule has 0 spiro atoms. The number of nitrogens with zero attached hydrogens (tertiary/aromatic N) is 1. The van der Waals surface area contributed by atoms with E-state index in [1.807, 2.05) is 4.90 Å². The van der Waals surface area contributed by atoms with Crippen molar-refractivity contribution in [2.24, 2.45) is 0 Å². The minimum atomic E-state index is -0.195. The first kappa shape index (κ1) is 16.7. The molecule has 106 valence electrons. The maximum absolute atomic E-state index is 11.8. The maximum Gasteiger partial charge on any atom is 0.317 e. The van der Waals surface area contributed by atoms with Gasteiger partial charge >= 0.3 is 12.0 Å². The van der Waals surface area contributed by atoms with Crippen molar-refractivity contribution in [3.8, 4) is 0 Å². The van der Waals surface area contributed by atoms with Gasteiger partial charge in [0, 0.05) is 26.1 Å². The molecule has 0 radical (unpaired) electrons. The van der Waals surface area contributed by atoms with Crippen LogP contribution in [-0.2, 0) is 9.53 Å². The number of methoxy groups -OCH3 is 1. The van der Waals surface area contributed by atoms with Gasteiger partial charge in [0.15, 0.2) is 0 Å². The van der Waals surface area contributed by atoms with Crippen molar-refractivity contribution in [1.82, 2.24) is 10.2 Å². The number of hydrogen-bond donors (Lipinski definition) is 1. The maximum atomic E-state index is 11.8. The minimum absolute atomic E-state index is 0.00299. The van der Waals surface area contributed by atoms with Gasteiger partial charge in [-0.05, 0) is 25.7 Å². The van der Waals surface area contributed by atoms with E-state index in [9.17, 15) is 9.59 Å². The number of carbonyl (C=O) groups is 2. The molecule has 0 aliphatic heterocycles. The fourth-order valence-electron chi connectivity index (χ4n) is 1.66. The first-order valence-corrected chi connectivity index (χ1v) is 6.75. The summed E-state index contributed by atoms with van der Waals surface area (Å²) in [6.07, 6.45) is 3.90. The number of esters is 1. The van der Waals surface area contributed by atoms with Gasteiger partial charge in [-0.3, -0.25) is 4.79 Å². The molecule has 0 bridgehead atoms. The molecule has 0 aromatic rings. The Morgan fingerprint density at radius 3 is 2.22 bits per heavy atom. The summed E-state index contributed by atoms with van der Waals surface area (Å²) >= 11 is 0. The number of urea groups is 1. The normalized spacial score (nSPS) is 9.94. The molecule has 5 heteroatoms. The van der Waals surface area contributed by atoms with Crippen LogP contribution in [0.2, 0.25) is 0 Å². The van der Waals surface area contributed by atoms with Crippen LogP contribution in [0.4, 0.5) is 4.79 Å². The Kier molecular flexibility index (Phi) is 10.1. The number of amides is 2. The summed E-state index contributed by atoms with van der Waals surface area (Å²) in [5.74, 6) is -0.195. The summed E-state index contributed by atoms with van der Waals surface area (Å²) < 4.78 is 4.55. The zero-order chi connectivity index (χ0) is 13.8. The molecular formula is C13H26N2O3. The van der Waals surface area contributed by atoms with Gasteiger partial charge in [-0.25, -0.2) is 4.79 Å².